The van der Waals surface area contributed by atoms with E-state index < -0.39 is 24.0 Å². The second-order valence-corrected chi connectivity index (χ2v) is 6.43. The zero-order valence-corrected chi connectivity index (χ0v) is 12.5. The Hall–Kier alpha value is -2.64. The zero-order chi connectivity index (χ0) is 16.6. The van der Waals surface area contributed by atoms with E-state index in [1.54, 1.807) is 30.5 Å². The summed E-state index contributed by atoms with van der Waals surface area (Å²) in [6.45, 7) is 0. The molecule has 1 aliphatic heterocycles. The number of carbonyl (C=O) groups is 2. The second-order valence-electron chi connectivity index (χ2n) is 6.43. The summed E-state index contributed by atoms with van der Waals surface area (Å²) in [5.41, 5.74) is 2.09. The highest BCUT2D eigenvalue weighted by Crippen LogP contribution is 2.52. The number of aromatic nitrogens is 2. The summed E-state index contributed by atoms with van der Waals surface area (Å²) in [6, 6.07) is 6.61. The normalized spacial score (nSPS) is 30.0. The molecule has 5 rings (SSSR count). The van der Waals surface area contributed by atoms with Crippen LogP contribution in [0.5, 0.6) is 0 Å². The lowest BCUT2D eigenvalue weighted by Crippen LogP contribution is -2.34. The number of carbonyl (C=O) groups excluding carboxylic acids is 2. The smallest absolute Gasteiger partial charge is 0.268 e. The average Bonchev–Trinajstić information content (AvgIpc) is 3.19. The first-order valence-electron chi connectivity index (χ1n) is 7.78. The number of rotatable bonds is 1. The Balaban J connectivity index is 1.59. The van der Waals surface area contributed by atoms with Gasteiger partial charge in [-0.2, -0.15) is 0 Å². The SMILES string of the molecule is O=C1c2ccccc2C(=O)N1c1ncc2c(n1)[C@@H]1C[C@H]2[C@@H](O)[C@H]1O. The molecule has 3 aliphatic rings. The average molecular weight is 323 g/mol. The van der Waals surface area contributed by atoms with Gasteiger partial charge in [0.1, 0.15) is 0 Å². The molecule has 0 saturated heterocycles. The standard InChI is InChI=1S/C17H13N3O4/c21-13-9-5-10(14(13)22)12-11(9)6-18-17(19-12)20-15(23)7-3-1-2-4-8(7)16(20)24/h1-4,6,9-10,13-14,21-22H,5H2/t9-,10+,13-,14+/m1/s1. The predicted octanol–water partition coefficient (Wildman–Crippen LogP) is 0.583. The molecule has 1 fully saturated rings. The fraction of sp³-hybridized carbons (Fsp3) is 0.294. The second kappa shape index (κ2) is 4.46. The van der Waals surface area contributed by atoms with Crippen LogP contribution in [0.15, 0.2) is 30.5 Å². The van der Waals surface area contributed by atoms with Gasteiger partial charge < -0.3 is 10.2 Å². The molecule has 2 aliphatic carbocycles. The van der Waals surface area contributed by atoms with Crippen LogP contribution in [0.1, 0.15) is 50.2 Å². The first-order valence-corrected chi connectivity index (χ1v) is 7.78. The van der Waals surface area contributed by atoms with E-state index in [1.807, 2.05) is 0 Å². The molecule has 0 radical (unpaired) electrons. The number of benzene rings is 1. The summed E-state index contributed by atoms with van der Waals surface area (Å²) >= 11 is 0. The Bertz CT molecular complexity index is 877. The molecule has 0 spiro atoms. The van der Waals surface area contributed by atoms with E-state index in [-0.39, 0.29) is 17.8 Å². The highest BCUT2D eigenvalue weighted by Gasteiger charge is 2.51. The molecule has 7 heteroatoms. The van der Waals surface area contributed by atoms with Crippen LogP contribution in [0.25, 0.3) is 0 Å². The maximum Gasteiger partial charge on any atom is 0.268 e. The van der Waals surface area contributed by atoms with Crippen LogP contribution < -0.4 is 4.90 Å². The van der Waals surface area contributed by atoms with E-state index in [9.17, 15) is 19.8 Å². The fourth-order valence-electron chi connectivity index (χ4n) is 4.07. The Morgan fingerprint density at radius 2 is 1.62 bits per heavy atom. The minimum atomic E-state index is -0.868. The van der Waals surface area contributed by atoms with Gasteiger partial charge in [-0.1, -0.05) is 12.1 Å². The van der Waals surface area contributed by atoms with Gasteiger partial charge in [0.2, 0.25) is 5.95 Å². The Morgan fingerprint density at radius 3 is 2.29 bits per heavy atom. The van der Waals surface area contributed by atoms with Gasteiger partial charge in [0.05, 0.1) is 29.0 Å². The Kier molecular flexibility index (Phi) is 2.56. The van der Waals surface area contributed by atoms with Crippen LogP contribution in [-0.2, 0) is 0 Å². The Morgan fingerprint density at radius 1 is 1.00 bits per heavy atom. The predicted molar refractivity (Wildman–Crippen MR) is 81.7 cm³/mol. The minimum Gasteiger partial charge on any atom is -0.390 e. The van der Waals surface area contributed by atoms with E-state index >= 15 is 0 Å². The van der Waals surface area contributed by atoms with Gasteiger partial charge in [-0.25, -0.2) is 14.9 Å². The van der Waals surface area contributed by atoms with Crippen LogP contribution in [0, 0.1) is 0 Å². The summed E-state index contributed by atoms with van der Waals surface area (Å²) < 4.78 is 0. The highest BCUT2D eigenvalue weighted by atomic mass is 16.3. The highest BCUT2D eigenvalue weighted by molar-refractivity contribution is 6.33. The third kappa shape index (κ3) is 1.53. The summed E-state index contributed by atoms with van der Waals surface area (Å²) in [7, 11) is 0. The van der Waals surface area contributed by atoms with Gasteiger partial charge in [0.15, 0.2) is 0 Å². The number of hydrogen-bond acceptors (Lipinski definition) is 6. The van der Waals surface area contributed by atoms with Crippen molar-refractivity contribution < 1.29 is 19.8 Å². The molecule has 2 N–H and O–H groups in total. The number of fused-ring (bicyclic) bond motifs is 6. The first-order chi connectivity index (χ1) is 11.6. The van der Waals surface area contributed by atoms with E-state index in [0.717, 1.165) is 10.5 Å². The molecule has 2 bridgehead atoms. The molecule has 0 unspecified atom stereocenters. The molecule has 120 valence electrons. The van der Waals surface area contributed by atoms with Gasteiger partial charge in [-0.05, 0) is 24.1 Å². The minimum absolute atomic E-state index is 0.0224. The van der Waals surface area contributed by atoms with E-state index in [1.165, 1.54) is 0 Å². The molecule has 7 nitrogen and oxygen atoms in total. The van der Waals surface area contributed by atoms with E-state index in [2.05, 4.69) is 9.97 Å². The maximum absolute atomic E-state index is 12.5. The van der Waals surface area contributed by atoms with Crippen molar-refractivity contribution in [2.75, 3.05) is 4.90 Å². The quantitative estimate of drug-likeness (QED) is 0.744. The number of aliphatic hydroxyl groups excluding tert-OH is 2. The van der Waals surface area contributed by atoms with Gasteiger partial charge in [-0.3, -0.25) is 9.59 Å². The molecule has 1 saturated carbocycles. The van der Waals surface area contributed by atoms with Crippen molar-refractivity contribution in [1.29, 1.82) is 0 Å². The molecule has 4 atom stereocenters. The first kappa shape index (κ1) is 13.8. The fourth-order valence-corrected chi connectivity index (χ4v) is 4.07. The van der Waals surface area contributed by atoms with Gasteiger partial charge >= 0.3 is 0 Å². The third-order valence-electron chi connectivity index (χ3n) is 5.26. The molecule has 2 heterocycles. The number of hydrogen-bond donors (Lipinski definition) is 2. The van der Waals surface area contributed by atoms with Crippen molar-refractivity contribution in [2.45, 2.75) is 30.5 Å². The molecule has 2 amide bonds. The van der Waals surface area contributed by atoms with Crippen LogP contribution in [-0.4, -0.2) is 44.2 Å². The van der Waals surface area contributed by atoms with Crippen molar-refractivity contribution in [2.24, 2.45) is 0 Å². The number of amides is 2. The van der Waals surface area contributed by atoms with Crippen LogP contribution >= 0.6 is 0 Å². The molecule has 1 aromatic carbocycles. The Labute approximate surface area is 136 Å². The lowest BCUT2D eigenvalue weighted by Gasteiger charge is -2.25. The van der Waals surface area contributed by atoms with Gasteiger partial charge in [-0.15, -0.1) is 0 Å². The summed E-state index contributed by atoms with van der Waals surface area (Å²) in [6.07, 6.45) is 0.488. The van der Waals surface area contributed by atoms with Gasteiger partial charge in [0.25, 0.3) is 11.8 Å². The lowest BCUT2D eigenvalue weighted by molar-refractivity contribution is 0.0207. The number of anilines is 1. The molecule has 1 aromatic heterocycles. The third-order valence-corrected chi connectivity index (χ3v) is 5.26. The van der Waals surface area contributed by atoms with Crippen LogP contribution in [0.4, 0.5) is 5.95 Å². The van der Waals surface area contributed by atoms with Crippen LogP contribution in [0.3, 0.4) is 0 Å². The van der Waals surface area contributed by atoms with Crippen molar-refractivity contribution in [3.8, 4) is 0 Å². The molecule has 2 aromatic rings. The van der Waals surface area contributed by atoms with Crippen molar-refractivity contribution in [3.63, 3.8) is 0 Å². The largest absolute Gasteiger partial charge is 0.390 e. The van der Waals surface area contributed by atoms with Crippen molar-refractivity contribution in [1.82, 2.24) is 9.97 Å². The molecule has 24 heavy (non-hydrogen) atoms. The summed E-state index contributed by atoms with van der Waals surface area (Å²) in [5.74, 6) is -1.33. The van der Waals surface area contributed by atoms with Crippen molar-refractivity contribution in [3.05, 3.63) is 52.8 Å². The van der Waals surface area contributed by atoms with Gasteiger partial charge in [0, 0.05) is 18.0 Å². The number of nitrogens with zero attached hydrogens (tertiary/aromatic N) is 3. The number of aliphatic hydroxyl groups is 2. The molecular formula is C17H13N3O4. The zero-order valence-electron chi connectivity index (χ0n) is 12.5. The van der Waals surface area contributed by atoms with E-state index in [0.29, 0.717) is 23.2 Å². The number of imide groups is 1. The lowest BCUT2D eigenvalue weighted by atomic mass is 9.92. The summed E-state index contributed by atoms with van der Waals surface area (Å²) in [5, 5.41) is 20.1. The van der Waals surface area contributed by atoms with Crippen LogP contribution in [0.2, 0.25) is 0 Å². The van der Waals surface area contributed by atoms with Crippen molar-refractivity contribution >= 4 is 17.8 Å². The topological polar surface area (TPSA) is 104 Å². The maximum atomic E-state index is 12.5. The van der Waals surface area contributed by atoms with E-state index in [4.69, 9.17) is 0 Å². The molecular weight excluding hydrogens is 310 g/mol. The summed E-state index contributed by atoms with van der Waals surface area (Å²) in [4.78, 5) is 34.6. The monoisotopic (exact) mass is 323 g/mol.